The maximum Gasteiger partial charge on any atom is 0.380 e. The van der Waals surface area contributed by atoms with Crippen LogP contribution in [-0.2, 0) is 0 Å². The molecule has 9 heteroatoms. The van der Waals surface area contributed by atoms with Crippen molar-refractivity contribution in [3.63, 3.8) is 0 Å². The molecule has 1 heterocycles. The molecule has 0 aliphatic rings. The molecule has 0 aliphatic carbocycles. The highest BCUT2D eigenvalue weighted by atomic mass is 35.5. The molecule has 19 heavy (non-hydrogen) atoms. The zero-order valence-corrected chi connectivity index (χ0v) is 12.6. The SMILES string of the molecule is Cc1cc(Cl)ccc1-n1c(SC(Cl)Cl)nn(F)c1=O. The molecule has 0 N–H and O–H groups in total. The summed E-state index contributed by atoms with van der Waals surface area (Å²) in [6.07, 6.45) is 0. The molecule has 0 aliphatic heterocycles. The van der Waals surface area contributed by atoms with Crippen LogP contribution in [0.15, 0.2) is 28.2 Å². The maximum atomic E-state index is 13.3. The van der Waals surface area contributed by atoms with Gasteiger partial charge >= 0.3 is 5.69 Å². The summed E-state index contributed by atoms with van der Waals surface area (Å²) in [6, 6.07) is 4.85. The minimum absolute atomic E-state index is 0.0629. The lowest BCUT2D eigenvalue weighted by molar-refractivity contribution is 0.296. The van der Waals surface area contributed by atoms with Crippen LogP contribution in [0.2, 0.25) is 5.02 Å². The number of alkyl halides is 2. The van der Waals surface area contributed by atoms with Crippen molar-refractivity contribution < 1.29 is 4.48 Å². The molecular formula is C10H7Cl3FN3OS. The molecule has 4 nitrogen and oxygen atoms in total. The average Bonchev–Trinajstić information content (AvgIpc) is 2.55. The standard InChI is InChI=1S/C10H7Cl3FN3OS/c1-5-4-6(11)2-3-7(5)16-9(19-8(12)13)15-17(14)10(16)18/h2-4,8H,1H3. The molecule has 0 unspecified atom stereocenters. The predicted molar refractivity (Wildman–Crippen MR) is 75.4 cm³/mol. The van der Waals surface area contributed by atoms with Gasteiger partial charge in [-0.3, -0.25) is 0 Å². The van der Waals surface area contributed by atoms with Gasteiger partial charge in [0, 0.05) is 5.02 Å². The highest BCUT2D eigenvalue weighted by Crippen LogP contribution is 2.29. The normalized spacial score (nSPS) is 11.3. The largest absolute Gasteiger partial charge is 0.380 e. The average molecular weight is 343 g/mol. The number of nitrogens with zero attached hydrogens (tertiary/aromatic N) is 3. The van der Waals surface area contributed by atoms with Gasteiger partial charge in [0.25, 0.3) is 0 Å². The number of halogens is 4. The summed E-state index contributed by atoms with van der Waals surface area (Å²) in [6.45, 7) is 1.75. The number of aryl methyl sites for hydroxylation is 1. The van der Waals surface area contributed by atoms with E-state index in [9.17, 15) is 9.28 Å². The van der Waals surface area contributed by atoms with Gasteiger partial charge in [0.05, 0.1) is 5.69 Å². The summed E-state index contributed by atoms with van der Waals surface area (Å²) in [7, 11) is 0. The lowest BCUT2D eigenvalue weighted by Crippen LogP contribution is -2.20. The van der Waals surface area contributed by atoms with Crippen LogP contribution in [-0.4, -0.2) is 18.7 Å². The van der Waals surface area contributed by atoms with E-state index in [4.69, 9.17) is 34.8 Å². The predicted octanol–water partition coefficient (Wildman–Crippen LogP) is 3.58. The number of thioether (sulfide) groups is 1. The molecule has 0 bridgehead atoms. The van der Waals surface area contributed by atoms with E-state index in [1.165, 1.54) is 0 Å². The molecule has 0 atom stereocenters. The summed E-state index contributed by atoms with van der Waals surface area (Å²) in [5.41, 5.74) is 0.238. The van der Waals surface area contributed by atoms with E-state index < -0.39 is 9.86 Å². The third kappa shape index (κ3) is 3.08. The van der Waals surface area contributed by atoms with Crippen molar-refractivity contribution in [3.8, 4) is 5.69 Å². The fraction of sp³-hybridized carbons (Fsp3) is 0.200. The van der Waals surface area contributed by atoms with E-state index in [1.54, 1.807) is 25.1 Å². The Kier molecular flexibility index (Phi) is 4.45. The van der Waals surface area contributed by atoms with Crippen molar-refractivity contribution >= 4 is 46.6 Å². The number of hydrogen-bond acceptors (Lipinski definition) is 3. The van der Waals surface area contributed by atoms with Crippen LogP contribution in [0.1, 0.15) is 5.56 Å². The maximum absolute atomic E-state index is 13.3. The van der Waals surface area contributed by atoms with Gasteiger partial charge in [0.15, 0.2) is 4.17 Å². The molecule has 1 aromatic heterocycles. The van der Waals surface area contributed by atoms with Crippen LogP contribution in [0.25, 0.3) is 5.69 Å². The van der Waals surface area contributed by atoms with E-state index in [1.807, 2.05) is 0 Å². The fourth-order valence-electron chi connectivity index (χ4n) is 1.56. The Morgan fingerprint density at radius 2 is 2.11 bits per heavy atom. The lowest BCUT2D eigenvalue weighted by atomic mass is 10.2. The monoisotopic (exact) mass is 341 g/mol. The molecule has 0 saturated heterocycles. The van der Waals surface area contributed by atoms with E-state index in [0.29, 0.717) is 16.3 Å². The zero-order valence-electron chi connectivity index (χ0n) is 9.48. The Morgan fingerprint density at radius 1 is 1.42 bits per heavy atom. The van der Waals surface area contributed by atoms with Crippen molar-refractivity contribution in [2.75, 3.05) is 0 Å². The first-order valence-corrected chi connectivity index (χ1v) is 7.12. The molecule has 0 fully saturated rings. The van der Waals surface area contributed by atoms with Crippen LogP contribution in [0.5, 0.6) is 0 Å². The molecular weight excluding hydrogens is 336 g/mol. The van der Waals surface area contributed by atoms with Gasteiger partial charge in [-0.2, -0.15) is 0 Å². The second-order valence-electron chi connectivity index (χ2n) is 3.57. The molecule has 0 spiro atoms. The van der Waals surface area contributed by atoms with Gasteiger partial charge in [0.1, 0.15) is 0 Å². The Balaban J connectivity index is 2.63. The lowest BCUT2D eigenvalue weighted by Gasteiger charge is -2.08. The van der Waals surface area contributed by atoms with E-state index in [-0.39, 0.29) is 10.1 Å². The summed E-state index contributed by atoms with van der Waals surface area (Å²) in [4.78, 5) is 11.5. The molecule has 0 amide bonds. The van der Waals surface area contributed by atoms with E-state index in [2.05, 4.69) is 5.10 Å². The second kappa shape index (κ2) is 5.75. The minimum Gasteiger partial charge on any atom is -0.243 e. The number of benzene rings is 1. The number of aromatic nitrogens is 3. The quantitative estimate of drug-likeness (QED) is 0.632. The highest BCUT2D eigenvalue weighted by Gasteiger charge is 2.19. The molecule has 2 aromatic rings. The first-order chi connectivity index (χ1) is 8.90. The van der Waals surface area contributed by atoms with Crippen molar-refractivity contribution in [2.24, 2.45) is 0 Å². The zero-order chi connectivity index (χ0) is 14.2. The molecule has 102 valence electrons. The smallest absolute Gasteiger partial charge is 0.243 e. The van der Waals surface area contributed by atoms with E-state index >= 15 is 0 Å². The van der Waals surface area contributed by atoms with Gasteiger partial charge < -0.3 is 0 Å². The summed E-state index contributed by atoms with van der Waals surface area (Å²) in [5.74, 6) is 0. The van der Waals surface area contributed by atoms with Gasteiger partial charge in [-0.1, -0.05) is 39.3 Å². The van der Waals surface area contributed by atoms with Crippen molar-refractivity contribution in [1.29, 1.82) is 0 Å². The first kappa shape index (κ1) is 14.7. The second-order valence-corrected chi connectivity index (χ2v) is 6.69. The van der Waals surface area contributed by atoms with Crippen molar-refractivity contribution in [3.05, 3.63) is 39.3 Å². The van der Waals surface area contributed by atoms with Crippen LogP contribution in [0.4, 0.5) is 4.48 Å². The number of rotatable bonds is 3. The Morgan fingerprint density at radius 3 is 2.68 bits per heavy atom. The topological polar surface area (TPSA) is 39.8 Å². The summed E-state index contributed by atoms with van der Waals surface area (Å²) >= 11 is 17.9. The molecule has 0 saturated carbocycles. The van der Waals surface area contributed by atoms with Crippen LogP contribution >= 0.6 is 46.6 Å². The van der Waals surface area contributed by atoms with Crippen molar-refractivity contribution in [1.82, 2.24) is 14.6 Å². The van der Waals surface area contributed by atoms with E-state index in [0.717, 1.165) is 16.3 Å². The van der Waals surface area contributed by atoms with Crippen LogP contribution < -0.4 is 5.69 Å². The van der Waals surface area contributed by atoms with Gasteiger partial charge in [-0.15, -0.1) is 5.10 Å². The molecule has 2 rings (SSSR count). The Hall–Kier alpha value is -0.690. The van der Waals surface area contributed by atoms with Crippen LogP contribution in [0.3, 0.4) is 0 Å². The first-order valence-electron chi connectivity index (χ1n) is 4.99. The third-order valence-electron chi connectivity index (χ3n) is 2.31. The Labute approximate surface area is 127 Å². The van der Waals surface area contributed by atoms with Gasteiger partial charge in [0.2, 0.25) is 5.16 Å². The van der Waals surface area contributed by atoms with Gasteiger partial charge in [-0.25, -0.2) is 9.36 Å². The van der Waals surface area contributed by atoms with Gasteiger partial charge in [-0.05, 0) is 47.4 Å². The fourth-order valence-corrected chi connectivity index (χ4v) is 2.82. The Bertz CT molecular complexity index is 671. The minimum atomic E-state index is -0.929. The van der Waals surface area contributed by atoms with Crippen LogP contribution in [0, 0.1) is 6.92 Å². The third-order valence-corrected chi connectivity index (χ3v) is 3.73. The summed E-state index contributed by atoms with van der Waals surface area (Å²) < 4.78 is 13.5. The summed E-state index contributed by atoms with van der Waals surface area (Å²) in [5, 5.41) is 4.03. The molecule has 0 radical (unpaired) electrons. The van der Waals surface area contributed by atoms with Crippen molar-refractivity contribution in [2.45, 2.75) is 16.2 Å². The number of hydrogen-bond donors (Lipinski definition) is 0. The highest BCUT2D eigenvalue weighted by molar-refractivity contribution is 8.02. The molecule has 1 aromatic carbocycles.